The van der Waals surface area contributed by atoms with Gasteiger partial charge in [-0.25, -0.2) is 4.98 Å². The first-order valence-corrected chi connectivity index (χ1v) is 11.3. The third kappa shape index (κ3) is 4.77. The van der Waals surface area contributed by atoms with Gasteiger partial charge in [-0.05, 0) is 56.5 Å². The zero-order chi connectivity index (χ0) is 23.5. The fourth-order valence-corrected chi connectivity index (χ4v) is 4.37. The van der Waals surface area contributed by atoms with Crippen LogP contribution in [-0.2, 0) is 4.79 Å². The number of H-pyrrole nitrogens is 1. The first-order chi connectivity index (χ1) is 15.9. The molecule has 1 saturated heterocycles. The molecule has 0 saturated carbocycles. The number of nitrogens with one attached hydrogen (secondary N) is 1. The molecule has 1 aliphatic rings. The molecule has 33 heavy (non-hydrogen) atoms. The SMILES string of the molecule is COc1ccc(-c2nc(C3CCN(C(=O)[C@H](C)c4ccc(C)cc4)CC3)[nH]c2C(N)=O)cc1. The molecule has 7 nitrogen and oxygen atoms in total. The number of imidazole rings is 1. The Morgan fingerprint density at radius 3 is 2.30 bits per heavy atom. The molecule has 2 amide bonds. The molecule has 1 aromatic heterocycles. The normalized spacial score (nSPS) is 15.3. The lowest BCUT2D eigenvalue weighted by molar-refractivity contribution is -0.133. The maximum atomic E-state index is 13.0. The van der Waals surface area contributed by atoms with E-state index >= 15 is 0 Å². The topological polar surface area (TPSA) is 101 Å². The number of piperidine rings is 1. The molecule has 0 spiro atoms. The largest absolute Gasteiger partial charge is 0.497 e. The average molecular weight is 447 g/mol. The molecular formula is C26H30N4O3. The highest BCUT2D eigenvalue weighted by Crippen LogP contribution is 2.32. The lowest BCUT2D eigenvalue weighted by atomic mass is 9.93. The third-order valence-corrected chi connectivity index (χ3v) is 6.47. The molecule has 0 aliphatic carbocycles. The molecule has 1 atom stereocenters. The molecule has 172 valence electrons. The van der Waals surface area contributed by atoms with Gasteiger partial charge in [0.2, 0.25) is 5.91 Å². The summed E-state index contributed by atoms with van der Waals surface area (Å²) in [4.78, 5) is 34.9. The number of carbonyl (C=O) groups excluding carboxylic acids is 2. The van der Waals surface area contributed by atoms with Crippen LogP contribution < -0.4 is 10.5 Å². The van der Waals surface area contributed by atoms with E-state index in [9.17, 15) is 9.59 Å². The second-order valence-electron chi connectivity index (χ2n) is 8.67. The number of aromatic nitrogens is 2. The number of nitrogens with two attached hydrogens (primary N) is 1. The Kier molecular flexibility index (Phi) is 6.49. The first-order valence-electron chi connectivity index (χ1n) is 11.3. The number of methoxy groups -OCH3 is 1. The van der Waals surface area contributed by atoms with Gasteiger partial charge < -0.3 is 20.4 Å². The maximum absolute atomic E-state index is 13.0. The molecule has 3 N–H and O–H groups in total. The van der Waals surface area contributed by atoms with Gasteiger partial charge in [-0.15, -0.1) is 0 Å². The fraction of sp³-hybridized carbons (Fsp3) is 0.346. The van der Waals surface area contributed by atoms with E-state index in [-0.39, 0.29) is 17.7 Å². The van der Waals surface area contributed by atoms with Crippen molar-refractivity contribution in [3.05, 3.63) is 71.2 Å². The number of aryl methyl sites for hydroxylation is 1. The van der Waals surface area contributed by atoms with Gasteiger partial charge in [0.15, 0.2) is 0 Å². The quantitative estimate of drug-likeness (QED) is 0.597. The van der Waals surface area contributed by atoms with Crippen molar-refractivity contribution >= 4 is 11.8 Å². The van der Waals surface area contributed by atoms with E-state index in [4.69, 9.17) is 15.5 Å². The van der Waals surface area contributed by atoms with Crippen LogP contribution in [0.15, 0.2) is 48.5 Å². The number of ether oxygens (including phenoxy) is 1. The van der Waals surface area contributed by atoms with Crippen LogP contribution in [0.1, 0.15) is 59.0 Å². The molecule has 1 fully saturated rings. The lowest BCUT2D eigenvalue weighted by Crippen LogP contribution is -2.40. The summed E-state index contributed by atoms with van der Waals surface area (Å²) < 4.78 is 5.21. The van der Waals surface area contributed by atoms with Gasteiger partial charge in [-0.3, -0.25) is 9.59 Å². The molecular weight excluding hydrogens is 416 g/mol. The average Bonchev–Trinajstić information content (AvgIpc) is 3.30. The molecule has 0 unspecified atom stereocenters. The van der Waals surface area contributed by atoms with Crippen LogP contribution in [0.2, 0.25) is 0 Å². The Morgan fingerprint density at radius 1 is 1.09 bits per heavy atom. The standard InChI is InChI=1S/C26H30N4O3/c1-16-4-6-18(7-5-16)17(2)26(32)30-14-12-20(13-15-30)25-28-22(23(29-25)24(27)31)19-8-10-21(33-3)11-9-19/h4-11,17,20H,12-15H2,1-3H3,(H2,27,31)(H,28,29)/t17-/m1/s1. The molecule has 0 bridgehead atoms. The van der Waals surface area contributed by atoms with Crippen LogP contribution >= 0.6 is 0 Å². The van der Waals surface area contributed by atoms with Crippen LogP contribution in [0.5, 0.6) is 5.75 Å². The van der Waals surface area contributed by atoms with Crippen molar-refractivity contribution in [3.63, 3.8) is 0 Å². The van der Waals surface area contributed by atoms with Crippen molar-refractivity contribution in [2.45, 2.75) is 38.5 Å². The zero-order valence-corrected chi connectivity index (χ0v) is 19.3. The Hall–Kier alpha value is -3.61. The van der Waals surface area contributed by atoms with Gasteiger partial charge in [-0.2, -0.15) is 0 Å². The fourth-order valence-electron chi connectivity index (χ4n) is 4.37. The van der Waals surface area contributed by atoms with E-state index in [0.717, 1.165) is 35.5 Å². The minimum atomic E-state index is -0.542. The van der Waals surface area contributed by atoms with E-state index in [1.54, 1.807) is 7.11 Å². The van der Waals surface area contributed by atoms with E-state index in [0.29, 0.717) is 24.5 Å². The highest BCUT2D eigenvalue weighted by atomic mass is 16.5. The van der Waals surface area contributed by atoms with Gasteiger partial charge >= 0.3 is 0 Å². The molecule has 7 heteroatoms. The number of hydrogen-bond acceptors (Lipinski definition) is 4. The predicted octanol–water partition coefficient (Wildman–Crippen LogP) is 4.00. The smallest absolute Gasteiger partial charge is 0.267 e. The Balaban J connectivity index is 1.46. The minimum absolute atomic E-state index is 0.133. The summed E-state index contributed by atoms with van der Waals surface area (Å²) in [6.45, 7) is 5.32. The Bertz CT molecular complexity index is 1130. The van der Waals surface area contributed by atoms with Gasteiger partial charge in [-0.1, -0.05) is 29.8 Å². The van der Waals surface area contributed by atoms with Crippen molar-refractivity contribution in [2.75, 3.05) is 20.2 Å². The van der Waals surface area contributed by atoms with Crippen molar-refractivity contribution in [2.24, 2.45) is 5.73 Å². The van der Waals surface area contributed by atoms with Crippen molar-refractivity contribution in [1.82, 2.24) is 14.9 Å². The summed E-state index contributed by atoms with van der Waals surface area (Å²) >= 11 is 0. The summed E-state index contributed by atoms with van der Waals surface area (Å²) in [6, 6.07) is 15.5. The summed E-state index contributed by atoms with van der Waals surface area (Å²) in [5.41, 5.74) is 9.49. The number of hydrogen-bond donors (Lipinski definition) is 2. The summed E-state index contributed by atoms with van der Waals surface area (Å²) in [5.74, 6) is 1.04. The van der Waals surface area contributed by atoms with Crippen molar-refractivity contribution < 1.29 is 14.3 Å². The lowest BCUT2D eigenvalue weighted by Gasteiger charge is -2.33. The summed E-state index contributed by atoms with van der Waals surface area (Å²) in [5, 5.41) is 0. The molecule has 2 heterocycles. The maximum Gasteiger partial charge on any atom is 0.267 e. The molecule has 4 rings (SSSR count). The number of aromatic amines is 1. The molecule has 0 radical (unpaired) electrons. The van der Waals surface area contributed by atoms with Crippen molar-refractivity contribution in [3.8, 4) is 17.0 Å². The Morgan fingerprint density at radius 2 is 1.73 bits per heavy atom. The van der Waals surface area contributed by atoms with E-state index in [2.05, 4.69) is 4.98 Å². The van der Waals surface area contributed by atoms with E-state index in [1.165, 1.54) is 5.56 Å². The van der Waals surface area contributed by atoms with Gasteiger partial charge in [0.25, 0.3) is 5.91 Å². The molecule has 2 aromatic carbocycles. The number of likely N-dealkylation sites (tertiary alicyclic amines) is 1. The highest BCUT2D eigenvalue weighted by molar-refractivity contribution is 5.97. The van der Waals surface area contributed by atoms with Gasteiger partial charge in [0.05, 0.1) is 13.0 Å². The molecule has 1 aliphatic heterocycles. The number of rotatable bonds is 6. The summed E-state index contributed by atoms with van der Waals surface area (Å²) in [6.07, 6.45) is 1.56. The number of nitrogens with zero attached hydrogens (tertiary/aromatic N) is 2. The number of primary amides is 1. The highest BCUT2D eigenvalue weighted by Gasteiger charge is 2.30. The third-order valence-electron chi connectivity index (χ3n) is 6.47. The zero-order valence-electron chi connectivity index (χ0n) is 19.3. The minimum Gasteiger partial charge on any atom is -0.497 e. The first kappa shape index (κ1) is 22.6. The van der Waals surface area contributed by atoms with E-state index < -0.39 is 5.91 Å². The second-order valence-corrected chi connectivity index (χ2v) is 8.67. The summed E-state index contributed by atoms with van der Waals surface area (Å²) in [7, 11) is 1.61. The van der Waals surface area contributed by atoms with Gasteiger partial charge in [0, 0.05) is 24.6 Å². The van der Waals surface area contributed by atoms with E-state index in [1.807, 2.05) is 67.3 Å². The van der Waals surface area contributed by atoms with Crippen LogP contribution in [0.25, 0.3) is 11.3 Å². The second kappa shape index (κ2) is 9.48. The predicted molar refractivity (Wildman–Crippen MR) is 127 cm³/mol. The van der Waals surface area contributed by atoms with Gasteiger partial charge in [0.1, 0.15) is 23.0 Å². The van der Waals surface area contributed by atoms with Crippen LogP contribution in [0, 0.1) is 6.92 Å². The van der Waals surface area contributed by atoms with Crippen LogP contribution in [-0.4, -0.2) is 46.9 Å². The number of carbonyl (C=O) groups is 2. The molecule has 3 aromatic rings. The van der Waals surface area contributed by atoms with Crippen LogP contribution in [0.3, 0.4) is 0 Å². The number of benzene rings is 2. The number of amides is 2. The van der Waals surface area contributed by atoms with Crippen molar-refractivity contribution in [1.29, 1.82) is 0 Å². The monoisotopic (exact) mass is 446 g/mol. The van der Waals surface area contributed by atoms with Crippen LogP contribution in [0.4, 0.5) is 0 Å². The Labute approximate surface area is 194 Å².